The van der Waals surface area contributed by atoms with Crippen molar-refractivity contribution in [3.63, 3.8) is 0 Å². The minimum absolute atomic E-state index is 0.0724. The van der Waals surface area contributed by atoms with Gasteiger partial charge in [-0.2, -0.15) is 5.26 Å². The molecule has 122 valence electrons. The molecule has 3 rings (SSSR count). The van der Waals surface area contributed by atoms with Gasteiger partial charge in [-0.15, -0.1) is 0 Å². The molecular formula is C17H17N5O2. The molecule has 0 radical (unpaired) electrons. The number of carbonyl (C=O) groups is 1. The third-order valence-corrected chi connectivity index (χ3v) is 3.86. The Morgan fingerprint density at radius 3 is 2.79 bits per heavy atom. The van der Waals surface area contributed by atoms with E-state index in [1.807, 2.05) is 6.07 Å². The molecule has 1 aliphatic heterocycles. The van der Waals surface area contributed by atoms with Crippen LogP contribution in [0.4, 0.5) is 5.82 Å². The maximum absolute atomic E-state index is 12.4. The average molecular weight is 323 g/mol. The van der Waals surface area contributed by atoms with Crippen LogP contribution in [0, 0.1) is 11.3 Å². The van der Waals surface area contributed by atoms with Gasteiger partial charge in [0.1, 0.15) is 12.1 Å². The zero-order valence-electron chi connectivity index (χ0n) is 13.0. The van der Waals surface area contributed by atoms with Crippen LogP contribution in [0.1, 0.15) is 22.3 Å². The van der Waals surface area contributed by atoms with Gasteiger partial charge in [0.15, 0.2) is 0 Å². The molecule has 0 spiro atoms. The molecule has 24 heavy (non-hydrogen) atoms. The number of hydrogen-bond acceptors (Lipinski definition) is 6. The highest BCUT2D eigenvalue weighted by Gasteiger charge is 2.27. The summed E-state index contributed by atoms with van der Waals surface area (Å²) in [5.41, 5.74) is 1.06. The molecule has 1 saturated heterocycles. The topological polar surface area (TPSA) is 99.9 Å². The van der Waals surface area contributed by atoms with Gasteiger partial charge in [-0.05, 0) is 36.8 Å². The molecule has 1 fully saturated rings. The highest BCUT2D eigenvalue weighted by Crippen LogP contribution is 2.14. The van der Waals surface area contributed by atoms with Crippen molar-refractivity contribution in [1.29, 1.82) is 5.26 Å². The number of nitrogens with one attached hydrogen (secondary N) is 2. The molecule has 0 bridgehead atoms. The summed E-state index contributed by atoms with van der Waals surface area (Å²) in [5.74, 6) is 0.527. The molecule has 1 aromatic heterocycles. The van der Waals surface area contributed by atoms with E-state index in [1.54, 1.807) is 36.5 Å². The Bertz CT molecular complexity index is 727. The lowest BCUT2D eigenvalue weighted by atomic mass is 10.0. The molecule has 2 N–H and O–H groups in total. The Labute approximate surface area is 139 Å². The van der Waals surface area contributed by atoms with Gasteiger partial charge in [0.25, 0.3) is 5.91 Å². The van der Waals surface area contributed by atoms with E-state index >= 15 is 0 Å². The lowest BCUT2D eigenvalue weighted by Crippen LogP contribution is -2.52. The minimum Gasteiger partial charge on any atom is -0.379 e. The summed E-state index contributed by atoms with van der Waals surface area (Å²) in [7, 11) is 0. The Hall–Kier alpha value is -2.98. The second-order valence-corrected chi connectivity index (χ2v) is 5.48. The monoisotopic (exact) mass is 323 g/mol. The number of ether oxygens (including phenoxy) is 1. The SMILES string of the molecule is N#Cc1ccc(C(=O)N[C@H]2CCOC[C@H]2Nc2ccncn2)cc1. The van der Waals surface area contributed by atoms with E-state index in [-0.39, 0.29) is 18.0 Å². The van der Waals surface area contributed by atoms with E-state index < -0.39 is 0 Å². The third kappa shape index (κ3) is 3.86. The van der Waals surface area contributed by atoms with Crippen molar-refractivity contribution in [2.45, 2.75) is 18.5 Å². The van der Waals surface area contributed by atoms with E-state index in [0.717, 1.165) is 0 Å². The zero-order valence-corrected chi connectivity index (χ0v) is 13.0. The molecule has 7 nitrogen and oxygen atoms in total. The summed E-state index contributed by atoms with van der Waals surface area (Å²) in [6, 6.07) is 10.2. The number of amides is 1. The molecule has 2 heterocycles. The molecule has 7 heteroatoms. The van der Waals surface area contributed by atoms with Crippen LogP contribution in [0.3, 0.4) is 0 Å². The van der Waals surface area contributed by atoms with Crippen LogP contribution < -0.4 is 10.6 Å². The summed E-state index contributed by atoms with van der Waals surface area (Å²) >= 11 is 0. The fourth-order valence-corrected chi connectivity index (χ4v) is 2.57. The number of anilines is 1. The molecule has 0 unspecified atom stereocenters. The van der Waals surface area contributed by atoms with Crippen molar-refractivity contribution in [3.05, 3.63) is 54.0 Å². The third-order valence-electron chi connectivity index (χ3n) is 3.86. The first kappa shape index (κ1) is 15.9. The summed E-state index contributed by atoms with van der Waals surface area (Å²) in [5, 5.41) is 15.1. The van der Waals surface area contributed by atoms with E-state index in [2.05, 4.69) is 20.6 Å². The summed E-state index contributed by atoms with van der Waals surface area (Å²) in [6.45, 7) is 1.09. The van der Waals surface area contributed by atoms with Crippen molar-refractivity contribution >= 4 is 11.7 Å². The van der Waals surface area contributed by atoms with E-state index in [0.29, 0.717) is 36.6 Å². The lowest BCUT2D eigenvalue weighted by Gasteiger charge is -2.33. The molecule has 2 atom stereocenters. The maximum Gasteiger partial charge on any atom is 0.251 e. The van der Waals surface area contributed by atoms with Crippen LogP contribution in [0.15, 0.2) is 42.9 Å². The normalized spacial score (nSPS) is 20.0. The Morgan fingerprint density at radius 2 is 2.08 bits per heavy atom. The first-order chi connectivity index (χ1) is 11.8. The predicted octanol–water partition coefficient (Wildman–Crippen LogP) is 1.35. The molecule has 1 aliphatic rings. The van der Waals surface area contributed by atoms with Crippen LogP contribution in [0.2, 0.25) is 0 Å². The number of nitrogens with zero attached hydrogens (tertiary/aromatic N) is 3. The van der Waals surface area contributed by atoms with Gasteiger partial charge in [-0.1, -0.05) is 0 Å². The fraction of sp³-hybridized carbons (Fsp3) is 0.294. The van der Waals surface area contributed by atoms with Crippen molar-refractivity contribution in [1.82, 2.24) is 15.3 Å². The number of carbonyl (C=O) groups excluding carboxylic acids is 1. The lowest BCUT2D eigenvalue weighted by molar-refractivity contribution is 0.0620. The number of nitriles is 1. The van der Waals surface area contributed by atoms with Gasteiger partial charge < -0.3 is 15.4 Å². The van der Waals surface area contributed by atoms with Gasteiger partial charge in [-0.3, -0.25) is 4.79 Å². The van der Waals surface area contributed by atoms with Gasteiger partial charge in [0.2, 0.25) is 0 Å². The molecule has 0 aliphatic carbocycles. The van der Waals surface area contributed by atoms with E-state index in [1.165, 1.54) is 6.33 Å². The smallest absolute Gasteiger partial charge is 0.251 e. The Kier molecular flexibility index (Phi) is 4.99. The van der Waals surface area contributed by atoms with Crippen LogP contribution in [-0.4, -0.2) is 41.2 Å². The van der Waals surface area contributed by atoms with Gasteiger partial charge in [0.05, 0.1) is 30.3 Å². The van der Waals surface area contributed by atoms with Crippen LogP contribution in [0.5, 0.6) is 0 Å². The number of rotatable bonds is 4. The van der Waals surface area contributed by atoms with E-state index in [9.17, 15) is 4.79 Å². The number of hydrogen-bond donors (Lipinski definition) is 2. The molecule has 0 saturated carbocycles. The highest BCUT2D eigenvalue weighted by atomic mass is 16.5. The Balaban J connectivity index is 1.66. The van der Waals surface area contributed by atoms with Crippen molar-refractivity contribution < 1.29 is 9.53 Å². The first-order valence-corrected chi connectivity index (χ1v) is 7.67. The Morgan fingerprint density at radius 1 is 1.25 bits per heavy atom. The highest BCUT2D eigenvalue weighted by molar-refractivity contribution is 5.94. The van der Waals surface area contributed by atoms with Gasteiger partial charge in [-0.25, -0.2) is 9.97 Å². The first-order valence-electron chi connectivity index (χ1n) is 7.67. The minimum atomic E-state index is -0.166. The maximum atomic E-state index is 12.4. The molecular weight excluding hydrogens is 306 g/mol. The van der Waals surface area contributed by atoms with Crippen LogP contribution in [-0.2, 0) is 4.74 Å². The standard InChI is InChI=1S/C17H17N5O2/c18-9-12-1-3-13(4-2-12)17(23)22-14-6-8-24-10-15(14)21-16-5-7-19-11-20-16/h1-5,7,11,14-15H,6,8,10H2,(H,22,23)(H,19,20,21)/t14-,15+/m0/s1. The van der Waals surface area contributed by atoms with Crippen LogP contribution >= 0.6 is 0 Å². The average Bonchev–Trinajstić information content (AvgIpc) is 2.64. The van der Waals surface area contributed by atoms with Crippen molar-refractivity contribution in [2.75, 3.05) is 18.5 Å². The quantitative estimate of drug-likeness (QED) is 0.881. The molecule has 1 amide bonds. The summed E-state index contributed by atoms with van der Waals surface area (Å²) < 4.78 is 5.51. The second kappa shape index (κ2) is 7.53. The summed E-state index contributed by atoms with van der Waals surface area (Å²) in [4.78, 5) is 20.4. The zero-order chi connectivity index (χ0) is 16.8. The van der Waals surface area contributed by atoms with Crippen molar-refractivity contribution in [3.8, 4) is 6.07 Å². The number of aromatic nitrogens is 2. The predicted molar refractivity (Wildman–Crippen MR) is 87.3 cm³/mol. The van der Waals surface area contributed by atoms with Gasteiger partial charge >= 0.3 is 0 Å². The summed E-state index contributed by atoms with van der Waals surface area (Å²) in [6.07, 6.45) is 3.84. The fourth-order valence-electron chi connectivity index (χ4n) is 2.57. The van der Waals surface area contributed by atoms with E-state index in [4.69, 9.17) is 10.00 Å². The van der Waals surface area contributed by atoms with Crippen LogP contribution in [0.25, 0.3) is 0 Å². The molecule has 1 aromatic carbocycles. The number of benzene rings is 1. The second-order valence-electron chi connectivity index (χ2n) is 5.48. The van der Waals surface area contributed by atoms with Gasteiger partial charge in [0, 0.05) is 18.4 Å². The van der Waals surface area contributed by atoms with Crippen molar-refractivity contribution in [2.24, 2.45) is 0 Å². The largest absolute Gasteiger partial charge is 0.379 e. The molecule has 2 aromatic rings.